The van der Waals surface area contributed by atoms with Crippen molar-refractivity contribution in [3.8, 4) is 23.3 Å². The molecule has 3 aromatic carbocycles. The number of methoxy groups -OCH3 is 2. The van der Waals surface area contributed by atoms with E-state index in [9.17, 15) is 20.0 Å². The number of rotatable bonds is 7. The van der Waals surface area contributed by atoms with Crippen molar-refractivity contribution in [1.82, 2.24) is 0 Å². The van der Waals surface area contributed by atoms with Crippen LogP contribution in [0.4, 0.5) is 5.69 Å². The van der Waals surface area contributed by atoms with E-state index in [2.05, 4.69) is 0 Å². The van der Waals surface area contributed by atoms with Gasteiger partial charge in [0.15, 0.2) is 11.5 Å². The van der Waals surface area contributed by atoms with Crippen LogP contribution in [0, 0.1) is 18.3 Å². The summed E-state index contributed by atoms with van der Waals surface area (Å²) in [7, 11) is 3.00. The first-order chi connectivity index (χ1) is 18.2. The number of benzene rings is 3. The third-order valence-electron chi connectivity index (χ3n) is 6.25. The van der Waals surface area contributed by atoms with E-state index in [0.717, 1.165) is 5.56 Å². The SMILES string of the molecule is COc1ccc(C2/C(=C(/O)c3ccc(OC(C)C)c(C)c3)C(=O)C(=O)N2c2ccc(C#N)cc2)cc1OC. The lowest BCUT2D eigenvalue weighted by atomic mass is 9.94. The molecule has 8 nitrogen and oxygen atoms in total. The highest BCUT2D eigenvalue weighted by molar-refractivity contribution is 6.51. The Morgan fingerprint density at radius 1 is 0.947 bits per heavy atom. The zero-order valence-electron chi connectivity index (χ0n) is 21.8. The summed E-state index contributed by atoms with van der Waals surface area (Å²) in [6.45, 7) is 5.68. The van der Waals surface area contributed by atoms with Crippen molar-refractivity contribution in [2.24, 2.45) is 0 Å². The molecule has 3 aromatic rings. The molecule has 1 saturated heterocycles. The van der Waals surface area contributed by atoms with Gasteiger partial charge in [0.2, 0.25) is 0 Å². The number of carbonyl (C=O) groups is 2. The first-order valence-electron chi connectivity index (χ1n) is 12.0. The van der Waals surface area contributed by atoms with Gasteiger partial charge in [-0.05, 0) is 86.5 Å². The summed E-state index contributed by atoms with van der Waals surface area (Å²) < 4.78 is 16.6. The van der Waals surface area contributed by atoms with Gasteiger partial charge in [0.1, 0.15) is 11.5 Å². The highest BCUT2D eigenvalue weighted by atomic mass is 16.5. The molecular weight excluding hydrogens is 484 g/mol. The number of ketones is 1. The van der Waals surface area contributed by atoms with Gasteiger partial charge in [0.25, 0.3) is 11.7 Å². The van der Waals surface area contributed by atoms with E-state index in [1.807, 2.05) is 26.8 Å². The van der Waals surface area contributed by atoms with Crippen molar-refractivity contribution in [2.45, 2.75) is 32.9 Å². The van der Waals surface area contributed by atoms with Crippen LogP contribution in [0.5, 0.6) is 17.2 Å². The fourth-order valence-electron chi connectivity index (χ4n) is 4.47. The van der Waals surface area contributed by atoms with Crippen molar-refractivity contribution in [3.05, 3.63) is 88.5 Å². The molecule has 0 aliphatic carbocycles. The van der Waals surface area contributed by atoms with E-state index in [1.165, 1.54) is 19.1 Å². The van der Waals surface area contributed by atoms with Crippen molar-refractivity contribution >= 4 is 23.1 Å². The topological polar surface area (TPSA) is 109 Å². The molecule has 1 atom stereocenters. The van der Waals surface area contributed by atoms with Crippen molar-refractivity contribution in [2.75, 3.05) is 19.1 Å². The third-order valence-corrected chi connectivity index (χ3v) is 6.25. The van der Waals surface area contributed by atoms with E-state index >= 15 is 0 Å². The Balaban J connectivity index is 1.92. The fraction of sp³-hybridized carbons (Fsp3) is 0.233. The number of anilines is 1. The van der Waals surface area contributed by atoms with Gasteiger partial charge in [-0.2, -0.15) is 5.26 Å². The zero-order chi connectivity index (χ0) is 27.6. The number of nitriles is 1. The summed E-state index contributed by atoms with van der Waals surface area (Å²) >= 11 is 0. The molecule has 0 saturated carbocycles. The summed E-state index contributed by atoms with van der Waals surface area (Å²) in [4.78, 5) is 28.2. The molecule has 0 bridgehead atoms. The van der Waals surface area contributed by atoms with Crippen LogP contribution < -0.4 is 19.1 Å². The number of Topliss-reactive ketones (excluding diaryl/α,β-unsaturated/α-hetero) is 1. The highest BCUT2D eigenvalue weighted by Gasteiger charge is 2.47. The second-order valence-electron chi connectivity index (χ2n) is 9.09. The maximum Gasteiger partial charge on any atom is 0.300 e. The zero-order valence-corrected chi connectivity index (χ0v) is 21.8. The molecule has 38 heavy (non-hydrogen) atoms. The summed E-state index contributed by atoms with van der Waals surface area (Å²) in [6, 6.07) is 17.6. The second kappa shape index (κ2) is 10.7. The van der Waals surface area contributed by atoms with Gasteiger partial charge in [-0.3, -0.25) is 14.5 Å². The Kier molecular flexibility index (Phi) is 7.40. The van der Waals surface area contributed by atoms with Crippen LogP contribution >= 0.6 is 0 Å². The molecule has 4 rings (SSSR count). The summed E-state index contributed by atoms with van der Waals surface area (Å²) in [5, 5.41) is 20.6. The van der Waals surface area contributed by atoms with Gasteiger partial charge in [-0.15, -0.1) is 0 Å². The lowest BCUT2D eigenvalue weighted by Crippen LogP contribution is -2.29. The minimum Gasteiger partial charge on any atom is -0.507 e. The molecule has 0 radical (unpaired) electrons. The minimum absolute atomic E-state index is 0.0315. The van der Waals surface area contributed by atoms with E-state index < -0.39 is 17.7 Å². The quantitative estimate of drug-likeness (QED) is 0.260. The molecule has 1 heterocycles. The smallest absolute Gasteiger partial charge is 0.300 e. The van der Waals surface area contributed by atoms with Crippen molar-refractivity contribution < 1.29 is 28.9 Å². The Labute approximate surface area is 221 Å². The number of aliphatic hydroxyl groups excluding tert-OH is 1. The molecule has 1 fully saturated rings. The van der Waals surface area contributed by atoms with Crippen molar-refractivity contribution in [1.29, 1.82) is 5.26 Å². The number of amides is 1. The van der Waals surface area contributed by atoms with Crippen molar-refractivity contribution in [3.63, 3.8) is 0 Å². The summed E-state index contributed by atoms with van der Waals surface area (Å²) in [5.41, 5.74) is 2.43. The first kappa shape index (κ1) is 26.3. The number of carbonyl (C=O) groups excluding carboxylic acids is 2. The normalized spacial score (nSPS) is 16.4. The molecule has 1 N–H and O–H groups in total. The molecule has 1 aliphatic rings. The standard InChI is InChI=1S/C30H28N2O6/c1-17(2)38-23-12-9-21(14-18(23)3)28(33)26-27(20-8-13-24(36-4)25(15-20)37-5)32(30(35)29(26)34)22-10-6-19(16-31)7-11-22/h6-15,17,27,33H,1-5H3/b28-26-. The maximum atomic E-state index is 13.4. The van der Waals surface area contributed by atoms with Crippen LogP contribution in [0.25, 0.3) is 5.76 Å². The molecule has 1 aliphatic heterocycles. The monoisotopic (exact) mass is 512 g/mol. The highest BCUT2D eigenvalue weighted by Crippen LogP contribution is 2.44. The lowest BCUT2D eigenvalue weighted by Gasteiger charge is -2.26. The van der Waals surface area contributed by atoms with Gasteiger partial charge in [-0.1, -0.05) is 6.07 Å². The number of nitrogens with zero attached hydrogens (tertiary/aromatic N) is 2. The molecule has 1 amide bonds. The fourth-order valence-corrected chi connectivity index (χ4v) is 4.47. The predicted octanol–water partition coefficient (Wildman–Crippen LogP) is 5.30. The third kappa shape index (κ3) is 4.78. The molecule has 194 valence electrons. The molecular formula is C30H28N2O6. The van der Waals surface area contributed by atoms with Crippen LogP contribution in [0.15, 0.2) is 66.2 Å². The Morgan fingerprint density at radius 2 is 1.61 bits per heavy atom. The average Bonchev–Trinajstić information content (AvgIpc) is 3.18. The van der Waals surface area contributed by atoms with Gasteiger partial charge in [0, 0.05) is 11.3 Å². The van der Waals surface area contributed by atoms with Gasteiger partial charge >= 0.3 is 0 Å². The van der Waals surface area contributed by atoms with Crippen LogP contribution in [0.1, 0.15) is 42.1 Å². The summed E-state index contributed by atoms with van der Waals surface area (Å²) in [6.07, 6.45) is -0.0315. The second-order valence-corrected chi connectivity index (χ2v) is 9.09. The van der Waals surface area contributed by atoms with Gasteiger partial charge in [0.05, 0.1) is 43.6 Å². The number of hydrogen-bond acceptors (Lipinski definition) is 7. The average molecular weight is 513 g/mol. The largest absolute Gasteiger partial charge is 0.507 e. The van der Waals surface area contributed by atoms with Gasteiger partial charge < -0.3 is 19.3 Å². The molecule has 8 heteroatoms. The van der Waals surface area contributed by atoms with E-state index in [1.54, 1.807) is 60.7 Å². The number of ether oxygens (including phenoxy) is 3. The van der Waals surface area contributed by atoms with Crippen LogP contribution in [0.2, 0.25) is 0 Å². The Bertz CT molecular complexity index is 1470. The predicted molar refractivity (Wildman–Crippen MR) is 142 cm³/mol. The van der Waals surface area contributed by atoms with Crippen LogP contribution in [-0.2, 0) is 9.59 Å². The number of aliphatic hydroxyl groups is 1. The molecule has 0 aromatic heterocycles. The first-order valence-corrected chi connectivity index (χ1v) is 12.0. The number of aryl methyl sites for hydroxylation is 1. The van der Waals surface area contributed by atoms with E-state index in [-0.39, 0.29) is 17.4 Å². The lowest BCUT2D eigenvalue weighted by molar-refractivity contribution is -0.132. The molecule has 0 spiro atoms. The Morgan fingerprint density at radius 3 is 2.18 bits per heavy atom. The minimum atomic E-state index is -0.963. The van der Waals surface area contributed by atoms with E-state index in [4.69, 9.17) is 14.2 Å². The summed E-state index contributed by atoms with van der Waals surface area (Å²) in [5.74, 6) is -0.395. The maximum absolute atomic E-state index is 13.4. The number of hydrogen-bond donors (Lipinski definition) is 1. The van der Waals surface area contributed by atoms with E-state index in [0.29, 0.717) is 39.6 Å². The molecule has 1 unspecified atom stereocenters. The Hall–Kier alpha value is -4.77. The van der Waals surface area contributed by atoms with Crippen LogP contribution in [-0.4, -0.2) is 37.1 Å². The van der Waals surface area contributed by atoms with Gasteiger partial charge in [-0.25, -0.2) is 0 Å². The van der Waals surface area contributed by atoms with Crippen LogP contribution in [0.3, 0.4) is 0 Å².